The Morgan fingerprint density at radius 3 is 2.90 bits per heavy atom. The Kier molecular flexibility index (Phi) is 3.36. The van der Waals surface area contributed by atoms with E-state index in [0.29, 0.717) is 16.8 Å². The summed E-state index contributed by atoms with van der Waals surface area (Å²) in [5.74, 6) is 0.706. The van der Waals surface area contributed by atoms with E-state index in [1.165, 1.54) is 0 Å². The summed E-state index contributed by atoms with van der Waals surface area (Å²) in [5, 5.41) is 1.03. The highest BCUT2D eigenvalue weighted by Gasteiger charge is 2.16. The third kappa shape index (κ3) is 2.36. The molecule has 102 valence electrons. The number of benzene rings is 1. The van der Waals surface area contributed by atoms with Crippen molar-refractivity contribution < 1.29 is 9.21 Å². The van der Waals surface area contributed by atoms with Crippen molar-refractivity contribution >= 4 is 32.7 Å². The van der Waals surface area contributed by atoms with Crippen LogP contribution < -0.4 is 0 Å². The zero-order chi connectivity index (χ0) is 14.1. The van der Waals surface area contributed by atoms with Gasteiger partial charge in [0.25, 0.3) is 5.91 Å². The average Bonchev–Trinajstić information content (AvgIpc) is 3.06. The van der Waals surface area contributed by atoms with Crippen LogP contribution in [0, 0.1) is 0 Å². The molecule has 0 aliphatic carbocycles. The number of H-pyrrole nitrogens is 1. The topological polar surface area (TPSA) is 49.2 Å². The molecule has 20 heavy (non-hydrogen) atoms. The fourth-order valence-electron chi connectivity index (χ4n) is 2.21. The number of nitrogens with one attached hydrogen (secondary N) is 1. The molecule has 0 aliphatic rings. The lowest BCUT2D eigenvalue weighted by Crippen LogP contribution is -2.26. The minimum atomic E-state index is -0.0365. The molecule has 0 radical (unpaired) electrons. The Bertz CT molecular complexity index is 760. The van der Waals surface area contributed by atoms with Gasteiger partial charge in [-0.25, -0.2) is 0 Å². The van der Waals surface area contributed by atoms with Gasteiger partial charge in [-0.2, -0.15) is 0 Å². The van der Waals surface area contributed by atoms with E-state index in [1.807, 2.05) is 42.6 Å². The van der Waals surface area contributed by atoms with Crippen LogP contribution in [0.2, 0.25) is 0 Å². The molecule has 0 fully saturated rings. The second-order valence-electron chi connectivity index (χ2n) is 4.61. The first-order valence-corrected chi connectivity index (χ1v) is 7.00. The summed E-state index contributed by atoms with van der Waals surface area (Å²) < 4.78 is 6.09. The predicted molar refractivity (Wildman–Crippen MR) is 80.5 cm³/mol. The maximum Gasteiger partial charge on any atom is 0.256 e. The van der Waals surface area contributed by atoms with Crippen molar-refractivity contribution in [2.24, 2.45) is 0 Å². The second-order valence-corrected chi connectivity index (χ2v) is 5.40. The molecule has 0 aliphatic heterocycles. The molecule has 1 N–H and O–H groups in total. The molecule has 0 spiro atoms. The van der Waals surface area contributed by atoms with Gasteiger partial charge in [-0.1, -0.05) is 12.1 Å². The molecule has 1 amide bonds. The van der Waals surface area contributed by atoms with Crippen LogP contribution in [0.3, 0.4) is 0 Å². The van der Waals surface area contributed by atoms with E-state index in [4.69, 9.17) is 4.42 Å². The molecule has 0 unspecified atom stereocenters. The summed E-state index contributed by atoms with van der Waals surface area (Å²) in [6.45, 7) is 0.432. The van der Waals surface area contributed by atoms with Crippen molar-refractivity contribution in [3.8, 4) is 0 Å². The summed E-state index contributed by atoms with van der Waals surface area (Å²) in [7, 11) is 1.76. The third-order valence-corrected chi connectivity index (χ3v) is 3.61. The van der Waals surface area contributed by atoms with E-state index in [2.05, 4.69) is 20.9 Å². The first kappa shape index (κ1) is 13.0. The standard InChI is InChI=1S/C15H13BrN2O2/c1-18(9-11-5-6-13(16)20-11)15(19)12-4-2-3-10-7-8-17-14(10)12/h2-8,17H,9H2,1H3. The molecule has 0 saturated carbocycles. The Morgan fingerprint density at radius 2 is 2.15 bits per heavy atom. The van der Waals surface area contributed by atoms with Crippen molar-refractivity contribution in [3.63, 3.8) is 0 Å². The Balaban J connectivity index is 1.86. The molecular weight excluding hydrogens is 320 g/mol. The SMILES string of the molecule is CN(Cc1ccc(Br)o1)C(=O)c1cccc2cc[nH]c12. The van der Waals surface area contributed by atoms with Crippen molar-refractivity contribution in [1.82, 2.24) is 9.88 Å². The first-order valence-electron chi connectivity index (χ1n) is 6.21. The van der Waals surface area contributed by atoms with Crippen molar-refractivity contribution in [2.75, 3.05) is 7.05 Å². The van der Waals surface area contributed by atoms with Crippen LogP contribution in [-0.4, -0.2) is 22.8 Å². The van der Waals surface area contributed by atoms with Crippen molar-refractivity contribution in [2.45, 2.75) is 6.54 Å². The fourth-order valence-corrected chi connectivity index (χ4v) is 2.55. The zero-order valence-electron chi connectivity index (χ0n) is 10.9. The van der Waals surface area contributed by atoms with Crippen LogP contribution >= 0.6 is 15.9 Å². The number of aromatic amines is 1. The highest BCUT2D eigenvalue weighted by molar-refractivity contribution is 9.10. The van der Waals surface area contributed by atoms with Gasteiger partial charge in [0.05, 0.1) is 17.6 Å². The number of halogens is 1. The highest BCUT2D eigenvalue weighted by atomic mass is 79.9. The molecule has 0 atom stereocenters. The number of nitrogens with zero attached hydrogens (tertiary/aromatic N) is 1. The lowest BCUT2D eigenvalue weighted by atomic mass is 10.1. The molecule has 5 heteroatoms. The molecule has 2 heterocycles. The van der Waals surface area contributed by atoms with Crippen LogP contribution in [0.25, 0.3) is 10.9 Å². The highest BCUT2D eigenvalue weighted by Crippen LogP contribution is 2.20. The summed E-state index contributed by atoms with van der Waals surface area (Å²) in [5.41, 5.74) is 1.53. The number of carbonyl (C=O) groups excluding carboxylic acids is 1. The largest absolute Gasteiger partial charge is 0.452 e. The molecule has 3 aromatic rings. The summed E-state index contributed by atoms with van der Waals surface area (Å²) in [6.07, 6.45) is 1.84. The predicted octanol–water partition coefficient (Wildman–Crippen LogP) is 3.80. The molecule has 0 saturated heterocycles. The molecule has 2 aromatic heterocycles. The Morgan fingerprint density at radius 1 is 1.30 bits per heavy atom. The lowest BCUT2D eigenvalue weighted by molar-refractivity contribution is 0.0777. The maximum atomic E-state index is 12.5. The Labute approximate surface area is 124 Å². The number of furan rings is 1. The molecule has 1 aromatic carbocycles. The smallest absolute Gasteiger partial charge is 0.256 e. The second kappa shape index (κ2) is 5.17. The summed E-state index contributed by atoms with van der Waals surface area (Å²) in [6, 6.07) is 11.3. The van der Waals surface area contributed by atoms with Gasteiger partial charge in [0.15, 0.2) is 4.67 Å². The van der Waals surface area contributed by atoms with E-state index < -0.39 is 0 Å². The van der Waals surface area contributed by atoms with Gasteiger partial charge in [0.2, 0.25) is 0 Å². The van der Waals surface area contributed by atoms with Crippen molar-refractivity contribution in [1.29, 1.82) is 0 Å². The molecular formula is C15H13BrN2O2. The van der Waals surface area contributed by atoms with Gasteiger partial charge in [-0.05, 0) is 40.2 Å². The van der Waals surface area contributed by atoms with Gasteiger partial charge >= 0.3 is 0 Å². The maximum absolute atomic E-state index is 12.5. The van der Waals surface area contributed by atoms with E-state index >= 15 is 0 Å². The monoisotopic (exact) mass is 332 g/mol. The van der Waals surface area contributed by atoms with Gasteiger partial charge < -0.3 is 14.3 Å². The quantitative estimate of drug-likeness (QED) is 0.793. The lowest BCUT2D eigenvalue weighted by Gasteiger charge is -2.16. The summed E-state index contributed by atoms with van der Waals surface area (Å²) >= 11 is 3.26. The van der Waals surface area contributed by atoms with Gasteiger partial charge in [-0.15, -0.1) is 0 Å². The van der Waals surface area contributed by atoms with E-state index in [0.717, 1.165) is 16.7 Å². The number of amides is 1. The van der Waals surface area contributed by atoms with E-state index in [1.54, 1.807) is 11.9 Å². The van der Waals surface area contributed by atoms with E-state index in [-0.39, 0.29) is 5.91 Å². The minimum absolute atomic E-state index is 0.0365. The fraction of sp³-hybridized carbons (Fsp3) is 0.133. The first-order chi connectivity index (χ1) is 9.65. The van der Waals surface area contributed by atoms with Crippen LogP contribution in [-0.2, 0) is 6.54 Å². The van der Waals surface area contributed by atoms with Crippen LogP contribution in [0.4, 0.5) is 0 Å². The van der Waals surface area contributed by atoms with Crippen LogP contribution in [0.5, 0.6) is 0 Å². The van der Waals surface area contributed by atoms with Gasteiger partial charge in [0, 0.05) is 18.6 Å². The van der Waals surface area contributed by atoms with Gasteiger partial charge in [0.1, 0.15) is 5.76 Å². The molecule has 3 rings (SSSR count). The normalized spacial score (nSPS) is 10.9. The number of hydrogen-bond donors (Lipinski definition) is 1. The van der Waals surface area contributed by atoms with E-state index in [9.17, 15) is 4.79 Å². The minimum Gasteiger partial charge on any atom is -0.452 e. The van der Waals surface area contributed by atoms with Crippen molar-refractivity contribution in [3.05, 3.63) is 58.6 Å². The van der Waals surface area contributed by atoms with Crippen LogP contribution in [0.15, 0.2) is 51.7 Å². The number of aromatic nitrogens is 1. The molecule has 0 bridgehead atoms. The number of carbonyl (C=O) groups is 1. The van der Waals surface area contributed by atoms with Crippen LogP contribution in [0.1, 0.15) is 16.1 Å². The number of para-hydroxylation sites is 1. The average molecular weight is 333 g/mol. The molecule has 4 nitrogen and oxygen atoms in total. The third-order valence-electron chi connectivity index (χ3n) is 3.19. The number of rotatable bonds is 3. The number of hydrogen-bond acceptors (Lipinski definition) is 2. The summed E-state index contributed by atoms with van der Waals surface area (Å²) in [4.78, 5) is 17.3. The zero-order valence-corrected chi connectivity index (χ0v) is 12.5. The number of fused-ring (bicyclic) bond motifs is 1. The van der Waals surface area contributed by atoms with Gasteiger partial charge in [-0.3, -0.25) is 4.79 Å². The Hall–Kier alpha value is -2.01.